The van der Waals surface area contributed by atoms with Crippen molar-refractivity contribution in [3.05, 3.63) is 34.1 Å². The van der Waals surface area contributed by atoms with Gasteiger partial charge in [-0.15, -0.1) is 0 Å². The summed E-state index contributed by atoms with van der Waals surface area (Å²) in [4.78, 5) is 0. The van der Waals surface area contributed by atoms with Gasteiger partial charge in [-0.25, -0.2) is 4.39 Å². The summed E-state index contributed by atoms with van der Waals surface area (Å²) >= 11 is 3.32. The summed E-state index contributed by atoms with van der Waals surface area (Å²) in [5.74, 6) is -0.263. The van der Waals surface area contributed by atoms with Crippen LogP contribution in [0.2, 0.25) is 0 Å². The maximum Gasteiger partial charge on any atom is 0.126 e. The maximum absolute atomic E-state index is 13.6. The molecule has 2 atom stereocenters. The Balaban J connectivity index is 2.16. The van der Waals surface area contributed by atoms with Gasteiger partial charge in [0.05, 0.1) is 5.60 Å². The zero-order valence-electron chi connectivity index (χ0n) is 9.63. The first kappa shape index (κ1) is 13.0. The smallest absolute Gasteiger partial charge is 0.126 e. The Bertz CT molecular complexity index is 412. The molecule has 0 bridgehead atoms. The Morgan fingerprint density at radius 3 is 3.00 bits per heavy atom. The van der Waals surface area contributed by atoms with E-state index in [2.05, 4.69) is 15.9 Å². The van der Waals surface area contributed by atoms with E-state index in [1.165, 1.54) is 6.07 Å². The van der Waals surface area contributed by atoms with Gasteiger partial charge in [0.2, 0.25) is 0 Å². The van der Waals surface area contributed by atoms with Crippen molar-refractivity contribution in [2.24, 2.45) is 5.73 Å². The number of nitrogens with two attached hydrogens (primary N) is 1. The lowest BCUT2D eigenvalue weighted by atomic mass is 9.78. The molecule has 1 aliphatic carbocycles. The van der Waals surface area contributed by atoms with Crippen LogP contribution in [-0.2, 0) is 6.42 Å². The molecule has 0 aromatic heterocycles. The number of aliphatic hydroxyl groups is 1. The Morgan fingerprint density at radius 2 is 2.29 bits per heavy atom. The molecule has 2 nitrogen and oxygen atoms in total. The lowest BCUT2D eigenvalue weighted by molar-refractivity contribution is -0.00258. The second kappa shape index (κ2) is 5.04. The van der Waals surface area contributed by atoms with Crippen LogP contribution < -0.4 is 5.73 Å². The SMILES string of the molecule is NC1CCCC(O)(Cc2cc(Br)ccc2F)C1. The molecule has 3 N–H and O–H groups in total. The van der Waals surface area contributed by atoms with Gasteiger partial charge in [-0.1, -0.05) is 15.9 Å². The van der Waals surface area contributed by atoms with Gasteiger partial charge in [-0.3, -0.25) is 0 Å². The van der Waals surface area contributed by atoms with Crippen molar-refractivity contribution in [1.82, 2.24) is 0 Å². The van der Waals surface area contributed by atoms with E-state index in [-0.39, 0.29) is 11.9 Å². The van der Waals surface area contributed by atoms with Crippen LogP contribution in [0.3, 0.4) is 0 Å². The summed E-state index contributed by atoms with van der Waals surface area (Å²) in [6.45, 7) is 0. The topological polar surface area (TPSA) is 46.2 Å². The molecule has 1 saturated carbocycles. The quantitative estimate of drug-likeness (QED) is 0.882. The average molecular weight is 302 g/mol. The van der Waals surface area contributed by atoms with E-state index >= 15 is 0 Å². The first-order chi connectivity index (χ1) is 7.98. The summed E-state index contributed by atoms with van der Waals surface area (Å²) in [5, 5.41) is 10.4. The lowest BCUT2D eigenvalue weighted by Crippen LogP contribution is -2.42. The molecule has 1 aromatic carbocycles. The van der Waals surface area contributed by atoms with Crippen LogP contribution in [0.15, 0.2) is 22.7 Å². The fourth-order valence-corrected chi connectivity index (χ4v) is 2.99. The van der Waals surface area contributed by atoms with Crippen molar-refractivity contribution in [3.63, 3.8) is 0 Å². The predicted octanol–water partition coefficient (Wildman–Crippen LogP) is 2.76. The minimum Gasteiger partial charge on any atom is -0.389 e. The largest absolute Gasteiger partial charge is 0.389 e. The van der Waals surface area contributed by atoms with Crippen LogP contribution in [0, 0.1) is 5.82 Å². The van der Waals surface area contributed by atoms with Crippen LogP contribution in [0.25, 0.3) is 0 Å². The number of benzene rings is 1. The van der Waals surface area contributed by atoms with Gasteiger partial charge in [0.15, 0.2) is 0 Å². The second-order valence-corrected chi connectivity index (χ2v) is 5.91. The molecule has 2 unspecified atom stereocenters. The summed E-state index contributed by atoms with van der Waals surface area (Å²) in [6, 6.07) is 4.85. The van der Waals surface area contributed by atoms with E-state index in [0.29, 0.717) is 24.8 Å². The highest BCUT2D eigenvalue weighted by Gasteiger charge is 2.33. The Kier molecular flexibility index (Phi) is 3.85. The molecule has 2 rings (SSSR count). The van der Waals surface area contributed by atoms with Crippen LogP contribution >= 0.6 is 15.9 Å². The van der Waals surface area contributed by atoms with E-state index in [4.69, 9.17) is 5.73 Å². The highest BCUT2D eigenvalue weighted by atomic mass is 79.9. The monoisotopic (exact) mass is 301 g/mol. The standard InChI is InChI=1S/C13H17BrFNO/c14-10-3-4-12(15)9(6-10)7-13(17)5-1-2-11(16)8-13/h3-4,6,11,17H,1-2,5,7-8,16H2. The lowest BCUT2D eigenvalue weighted by Gasteiger charge is -2.35. The Morgan fingerprint density at radius 1 is 1.53 bits per heavy atom. The fraction of sp³-hybridized carbons (Fsp3) is 0.538. The van der Waals surface area contributed by atoms with E-state index in [1.807, 2.05) is 0 Å². The van der Waals surface area contributed by atoms with Crippen molar-refractivity contribution in [2.75, 3.05) is 0 Å². The molecule has 0 radical (unpaired) electrons. The molecule has 4 heteroatoms. The fourth-order valence-electron chi connectivity index (χ4n) is 2.58. The third kappa shape index (κ3) is 3.27. The minimum absolute atomic E-state index is 0.0314. The molecule has 1 fully saturated rings. The summed E-state index contributed by atoms with van der Waals surface area (Å²) < 4.78 is 14.5. The van der Waals surface area contributed by atoms with E-state index in [1.54, 1.807) is 12.1 Å². The molecule has 0 heterocycles. The van der Waals surface area contributed by atoms with Crippen molar-refractivity contribution in [1.29, 1.82) is 0 Å². The normalized spacial score (nSPS) is 29.3. The van der Waals surface area contributed by atoms with Gasteiger partial charge in [0.25, 0.3) is 0 Å². The van der Waals surface area contributed by atoms with Gasteiger partial charge < -0.3 is 10.8 Å². The van der Waals surface area contributed by atoms with E-state index in [0.717, 1.165) is 17.3 Å². The molecule has 1 aliphatic rings. The second-order valence-electron chi connectivity index (χ2n) is 4.99. The zero-order valence-corrected chi connectivity index (χ0v) is 11.2. The predicted molar refractivity (Wildman–Crippen MR) is 69.2 cm³/mol. The Labute approximate surface area is 109 Å². The number of halogens is 2. The van der Waals surface area contributed by atoms with Crippen molar-refractivity contribution in [3.8, 4) is 0 Å². The molecular weight excluding hydrogens is 285 g/mol. The summed E-state index contributed by atoms with van der Waals surface area (Å²) in [6.07, 6.45) is 3.45. The van der Waals surface area contributed by atoms with Gasteiger partial charge in [0.1, 0.15) is 5.82 Å². The van der Waals surface area contributed by atoms with Crippen LogP contribution in [0.4, 0.5) is 4.39 Å². The molecule has 0 spiro atoms. The van der Waals surface area contributed by atoms with E-state index < -0.39 is 5.60 Å². The maximum atomic E-state index is 13.6. The molecule has 0 amide bonds. The number of hydrogen-bond donors (Lipinski definition) is 2. The van der Waals surface area contributed by atoms with Crippen LogP contribution in [0.1, 0.15) is 31.2 Å². The third-order valence-corrected chi connectivity index (χ3v) is 3.88. The highest BCUT2D eigenvalue weighted by Crippen LogP contribution is 2.32. The molecular formula is C13H17BrFNO. The minimum atomic E-state index is -0.848. The van der Waals surface area contributed by atoms with E-state index in [9.17, 15) is 9.50 Å². The van der Waals surface area contributed by atoms with Crippen molar-refractivity contribution >= 4 is 15.9 Å². The third-order valence-electron chi connectivity index (χ3n) is 3.39. The molecule has 94 valence electrons. The molecule has 0 aliphatic heterocycles. The molecule has 0 saturated heterocycles. The first-order valence-electron chi connectivity index (χ1n) is 5.90. The summed E-state index contributed by atoms with van der Waals surface area (Å²) in [7, 11) is 0. The summed E-state index contributed by atoms with van der Waals surface area (Å²) in [5.41, 5.74) is 5.57. The highest BCUT2D eigenvalue weighted by molar-refractivity contribution is 9.10. The van der Waals surface area contributed by atoms with Gasteiger partial charge in [-0.05, 0) is 49.4 Å². The molecule has 1 aromatic rings. The van der Waals surface area contributed by atoms with Gasteiger partial charge in [-0.2, -0.15) is 0 Å². The molecule has 17 heavy (non-hydrogen) atoms. The first-order valence-corrected chi connectivity index (χ1v) is 6.70. The van der Waals surface area contributed by atoms with Gasteiger partial charge >= 0.3 is 0 Å². The zero-order chi connectivity index (χ0) is 12.5. The van der Waals surface area contributed by atoms with Crippen LogP contribution in [0.5, 0.6) is 0 Å². The number of hydrogen-bond acceptors (Lipinski definition) is 2. The van der Waals surface area contributed by atoms with Crippen LogP contribution in [-0.4, -0.2) is 16.7 Å². The Hall–Kier alpha value is -0.450. The van der Waals surface area contributed by atoms with Crippen molar-refractivity contribution < 1.29 is 9.50 Å². The average Bonchev–Trinajstić information content (AvgIpc) is 2.22. The van der Waals surface area contributed by atoms with Crippen molar-refractivity contribution in [2.45, 2.75) is 43.7 Å². The number of rotatable bonds is 2. The van der Waals surface area contributed by atoms with Gasteiger partial charge in [0, 0.05) is 16.9 Å².